The van der Waals surface area contributed by atoms with E-state index in [2.05, 4.69) is 252 Å². The Balaban J connectivity index is 1.05. The number of rotatable bonds is 9. The number of hydrogen-bond acceptors (Lipinski definition) is 2. The molecule has 2 heteroatoms. The molecule has 10 aromatic rings. The maximum Gasteiger partial charge on any atom is 0.0540 e. The van der Waals surface area contributed by atoms with Gasteiger partial charge in [0.25, 0.3) is 0 Å². The molecule has 0 N–H and O–H groups in total. The maximum atomic E-state index is 2.40. The molecule has 0 fully saturated rings. The summed E-state index contributed by atoms with van der Waals surface area (Å²) in [6.07, 6.45) is 0. The van der Waals surface area contributed by atoms with Gasteiger partial charge in [0.2, 0.25) is 0 Å². The lowest BCUT2D eigenvalue weighted by atomic mass is 9.93. The fraction of sp³-hybridized carbons (Fsp3) is 0. The van der Waals surface area contributed by atoms with Crippen LogP contribution in [-0.4, -0.2) is 0 Å². The van der Waals surface area contributed by atoms with Gasteiger partial charge in [-0.2, -0.15) is 0 Å². The summed E-state index contributed by atoms with van der Waals surface area (Å²) in [6, 6.07) is 87.2. The highest BCUT2D eigenvalue weighted by atomic mass is 15.1. The number of hydrogen-bond donors (Lipinski definition) is 0. The molecule has 0 saturated carbocycles. The topological polar surface area (TPSA) is 6.48 Å². The molecule has 2 nitrogen and oxygen atoms in total. The number of fused-ring (bicyclic) bond motifs is 2. The van der Waals surface area contributed by atoms with Crippen LogP contribution in [0.4, 0.5) is 34.1 Å². The molecule has 0 atom stereocenters. The van der Waals surface area contributed by atoms with Gasteiger partial charge in [0.05, 0.1) is 11.4 Å². The summed E-state index contributed by atoms with van der Waals surface area (Å²) in [5, 5.41) is 4.85. The lowest BCUT2D eigenvalue weighted by molar-refractivity contribution is 1.29. The number of benzene rings is 10. The van der Waals surface area contributed by atoms with Gasteiger partial charge in [-0.05, 0) is 105 Å². The highest BCUT2D eigenvalue weighted by Gasteiger charge is 2.19. The van der Waals surface area contributed by atoms with Gasteiger partial charge in [-0.3, -0.25) is 0 Å². The van der Waals surface area contributed by atoms with Crippen LogP contribution in [0.25, 0.3) is 54.9 Å². The second kappa shape index (κ2) is 15.5. The largest absolute Gasteiger partial charge is 0.310 e. The molecule has 0 radical (unpaired) electrons. The van der Waals surface area contributed by atoms with Crippen LogP contribution in [-0.2, 0) is 0 Å². The SMILES string of the molecule is c1ccc(-c2ccc(N(c3ccc(-c4ccc(N(c5ccccc5)c5cccc6ccccc56)cc4)cc3)c3cccc4ccccc34)cc2-c2ccccc2)cc1. The van der Waals surface area contributed by atoms with E-state index in [1.807, 2.05) is 0 Å². The van der Waals surface area contributed by atoms with Gasteiger partial charge in [0.1, 0.15) is 0 Å². The molecule has 0 unspecified atom stereocenters. The van der Waals surface area contributed by atoms with E-state index >= 15 is 0 Å². The summed E-state index contributed by atoms with van der Waals surface area (Å²) in [6.45, 7) is 0. The maximum absolute atomic E-state index is 2.40. The summed E-state index contributed by atoms with van der Waals surface area (Å²) in [5.74, 6) is 0. The summed E-state index contributed by atoms with van der Waals surface area (Å²) in [4.78, 5) is 4.75. The van der Waals surface area contributed by atoms with Gasteiger partial charge in [0.15, 0.2) is 0 Å². The first-order valence-corrected chi connectivity index (χ1v) is 19.8. The monoisotopic (exact) mass is 740 g/mol. The van der Waals surface area contributed by atoms with E-state index in [4.69, 9.17) is 0 Å². The lowest BCUT2D eigenvalue weighted by Gasteiger charge is -2.28. The van der Waals surface area contributed by atoms with Crippen LogP contribution in [0.3, 0.4) is 0 Å². The van der Waals surface area contributed by atoms with Gasteiger partial charge in [0, 0.05) is 33.5 Å². The Morgan fingerprint density at radius 3 is 1.12 bits per heavy atom. The van der Waals surface area contributed by atoms with Gasteiger partial charge in [-0.25, -0.2) is 0 Å². The number of anilines is 6. The molecule has 0 bridgehead atoms. The minimum atomic E-state index is 1.09. The first-order valence-electron chi connectivity index (χ1n) is 19.8. The third-order valence-corrected chi connectivity index (χ3v) is 11.0. The Morgan fingerprint density at radius 2 is 0.603 bits per heavy atom. The zero-order valence-electron chi connectivity index (χ0n) is 32.0. The predicted molar refractivity (Wildman–Crippen MR) is 247 cm³/mol. The zero-order chi connectivity index (χ0) is 38.7. The van der Waals surface area contributed by atoms with E-state index < -0.39 is 0 Å². The third-order valence-electron chi connectivity index (χ3n) is 11.0. The molecule has 0 saturated heterocycles. The van der Waals surface area contributed by atoms with Crippen molar-refractivity contribution in [3.8, 4) is 33.4 Å². The van der Waals surface area contributed by atoms with E-state index in [1.54, 1.807) is 0 Å². The highest BCUT2D eigenvalue weighted by molar-refractivity contribution is 6.01. The minimum absolute atomic E-state index is 1.09. The minimum Gasteiger partial charge on any atom is -0.310 e. The Hall–Kier alpha value is -7.68. The molecule has 274 valence electrons. The molecular formula is C56H40N2. The summed E-state index contributed by atoms with van der Waals surface area (Å²) >= 11 is 0. The summed E-state index contributed by atoms with van der Waals surface area (Å²) in [7, 11) is 0. The Bertz CT molecular complexity index is 2960. The van der Waals surface area contributed by atoms with Crippen LogP contribution >= 0.6 is 0 Å². The number of para-hydroxylation sites is 1. The zero-order valence-corrected chi connectivity index (χ0v) is 32.0. The van der Waals surface area contributed by atoms with Crippen molar-refractivity contribution in [2.24, 2.45) is 0 Å². The quantitative estimate of drug-likeness (QED) is 0.145. The van der Waals surface area contributed by atoms with Crippen molar-refractivity contribution in [1.29, 1.82) is 0 Å². The second-order valence-corrected chi connectivity index (χ2v) is 14.6. The van der Waals surface area contributed by atoms with Crippen molar-refractivity contribution < 1.29 is 0 Å². The first-order chi connectivity index (χ1) is 28.8. The highest BCUT2D eigenvalue weighted by Crippen LogP contribution is 2.44. The van der Waals surface area contributed by atoms with Crippen molar-refractivity contribution in [3.63, 3.8) is 0 Å². The van der Waals surface area contributed by atoms with Crippen LogP contribution < -0.4 is 9.80 Å². The van der Waals surface area contributed by atoms with Gasteiger partial charge in [-0.1, -0.05) is 182 Å². The van der Waals surface area contributed by atoms with Gasteiger partial charge < -0.3 is 9.80 Å². The normalized spacial score (nSPS) is 11.1. The average Bonchev–Trinajstić information content (AvgIpc) is 3.31. The van der Waals surface area contributed by atoms with Gasteiger partial charge >= 0.3 is 0 Å². The fourth-order valence-corrected chi connectivity index (χ4v) is 8.24. The molecule has 10 aromatic carbocycles. The average molecular weight is 741 g/mol. The van der Waals surface area contributed by atoms with Crippen LogP contribution in [0.5, 0.6) is 0 Å². The molecule has 0 aliphatic rings. The second-order valence-electron chi connectivity index (χ2n) is 14.6. The van der Waals surface area contributed by atoms with E-state index in [-0.39, 0.29) is 0 Å². The summed E-state index contributed by atoms with van der Waals surface area (Å²) < 4.78 is 0. The molecule has 0 aromatic heterocycles. The molecule has 10 rings (SSSR count). The first kappa shape index (κ1) is 34.8. The van der Waals surface area contributed by atoms with Crippen molar-refractivity contribution in [2.75, 3.05) is 9.80 Å². The molecule has 58 heavy (non-hydrogen) atoms. The van der Waals surface area contributed by atoms with E-state index in [1.165, 1.54) is 43.8 Å². The molecule has 0 heterocycles. The Labute approximate surface area is 340 Å². The van der Waals surface area contributed by atoms with Crippen LogP contribution in [0, 0.1) is 0 Å². The predicted octanol–water partition coefficient (Wildman–Crippen LogP) is 15.9. The smallest absolute Gasteiger partial charge is 0.0540 e. The standard InChI is InChI=1S/C56H40N2/c1-4-16-43(17-5-1)51-39-38-50(40-54(51)46-18-6-2-7-19-46)58(56-29-15-23-45-21-11-13-27-53(45)56)49-36-32-42(33-37-49)41-30-34-48(35-31-41)57(47-24-8-3-9-25-47)55-28-14-22-44-20-10-12-26-52(44)55/h1-40H. The molecule has 0 aliphatic carbocycles. The Morgan fingerprint density at radius 1 is 0.224 bits per heavy atom. The lowest BCUT2D eigenvalue weighted by Crippen LogP contribution is -2.11. The molecular weight excluding hydrogens is 701 g/mol. The van der Waals surface area contributed by atoms with Crippen LogP contribution in [0.2, 0.25) is 0 Å². The van der Waals surface area contributed by atoms with Gasteiger partial charge in [-0.15, -0.1) is 0 Å². The third kappa shape index (κ3) is 6.67. The molecule has 0 aliphatic heterocycles. The number of nitrogens with zero attached hydrogens (tertiary/aromatic N) is 2. The Kier molecular flexibility index (Phi) is 9.27. The van der Waals surface area contributed by atoms with Crippen molar-refractivity contribution in [1.82, 2.24) is 0 Å². The van der Waals surface area contributed by atoms with E-state index in [0.717, 1.165) is 45.3 Å². The van der Waals surface area contributed by atoms with Crippen molar-refractivity contribution in [2.45, 2.75) is 0 Å². The van der Waals surface area contributed by atoms with Crippen molar-refractivity contribution >= 4 is 55.7 Å². The van der Waals surface area contributed by atoms with Crippen LogP contribution in [0.15, 0.2) is 243 Å². The van der Waals surface area contributed by atoms with Crippen molar-refractivity contribution in [3.05, 3.63) is 243 Å². The van der Waals surface area contributed by atoms with E-state index in [0.29, 0.717) is 0 Å². The van der Waals surface area contributed by atoms with Crippen LogP contribution in [0.1, 0.15) is 0 Å². The molecule has 0 spiro atoms. The van der Waals surface area contributed by atoms with E-state index in [9.17, 15) is 0 Å². The fourth-order valence-electron chi connectivity index (χ4n) is 8.24. The molecule has 0 amide bonds. The summed E-state index contributed by atoms with van der Waals surface area (Å²) in [5.41, 5.74) is 13.8.